The first-order valence-corrected chi connectivity index (χ1v) is 8.24. The molecule has 0 aliphatic rings. The van der Waals surface area contributed by atoms with Crippen molar-refractivity contribution in [2.75, 3.05) is 19.8 Å². The van der Waals surface area contributed by atoms with E-state index in [1.165, 1.54) is 5.56 Å². The van der Waals surface area contributed by atoms with Crippen molar-refractivity contribution in [2.45, 2.75) is 32.8 Å². The van der Waals surface area contributed by atoms with Crippen LogP contribution in [0.2, 0.25) is 0 Å². The van der Waals surface area contributed by atoms with Crippen LogP contribution in [0.25, 0.3) is 0 Å². The van der Waals surface area contributed by atoms with Crippen LogP contribution in [0, 0.1) is 0 Å². The molecule has 0 atom stereocenters. The van der Waals surface area contributed by atoms with Gasteiger partial charge in [0.2, 0.25) is 0 Å². The molecule has 0 bridgehead atoms. The minimum atomic E-state index is -0.129. The van der Waals surface area contributed by atoms with Gasteiger partial charge in [-0.25, -0.2) is 0 Å². The molecule has 0 unspecified atom stereocenters. The van der Waals surface area contributed by atoms with Gasteiger partial charge in [-0.05, 0) is 42.2 Å². The van der Waals surface area contributed by atoms with Gasteiger partial charge in [0, 0.05) is 13.2 Å². The molecule has 1 N–H and O–H groups in total. The van der Waals surface area contributed by atoms with Gasteiger partial charge in [-0.1, -0.05) is 26.0 Å². The van der Waals surface area contributed by atoms with Crippen LogP contribution in [0.3, 0.4) is 0 Å². The Morgan fingerprint density at radius 3 is 2.88 bits per heavy atom. The molecular formula is C19H25NO4. The van der Waals surface area contributed by atoms with E-state index < -0.39 is 0 Å². The van der Waals surface area contributed by atoms with E-state index in [0.717, 1.165) is 17.9 Å². The van der Waals surface area contributed by atoms with Gasteiger partial charge in [-0.3, -0.25) is 4.79 Å². The van der Waals surface area contributed by atoms with E-state index in [2.05, 4.69) is 25.2 Å². The molecule has 2 aromatic rings. The van der Waals surface area contributed by atoms with Gasteiger partial charge in [0.25, 0.3) is 5.91 Å². The van der Waals surface area contributed by atoms with Crippen molar-refractivity contribution >= 4 is 5.91 Å². The quantitative estimate of drug-likeness (QED) is 0.677. The molecule has 0 spiro atoms. The number of ether oxygens (including phenoxy) is 2. The van der Waals surface area contributed by atoms with E-state index in [0.29, 0.717) is 25.7 Å². The number of carbonyl (C=O) groups excluding carboxylic acids is 1. The third kappa shape index (κ3) is 6.46. The van der Waals surface area contributed by atoms with Crippen LogP contribution in [0.15, 0.2) is 47.1 Å². The van der Waals surface area contributed by atoms with Crippen LogP contribution >= 0.6 is 0 Å². The Kier molecular flexibility index (Phi) is 7.36. The summed E-state index contributed by atoms with van der Waals surface area (Å²) in [5.41, 5.74) is 1.20. The maximum Gasteiger partial charge on any atom is 0.257 e. The van der Waals surface area contributed by atoms with Crippen LogP contribution in [-0.4, -0.2) is 25.7 Å². The molecule has 24 heavy (non-hydrogen) atoms. The SMILES string of the molecule is CC(C)c1cccc(OCC(=O)NCCCOCc2ccco2)c1. The van der Waals surface area contributed by atoms with E-state index in [-0.39, 0.29) is 12.5 Å². The number of amides is 1. The maximum atomic E-state index is 11.8. The van der Waals surface area contributed by atoms with Gasteiger partial charge >= 0.3 is 0 Å². The average Bonchev–Trinajstić information content (AvgIpc) is 3.09. The standard InChI is InChI=1S/C19H25NO4/c1-15(2)16-6-3-7-17(12-16)24-14-19(21)20-9-5-10-22-13-18-8-4-11-23-18/h3-4,6-8,11-12,15H,5,9-10,13-14H2,1-2H3,(H,20,21). The minimum Gasteiger partial charge on any atom is -0.484 e. The Morgan fingerprint density at radius 1 is 1.25 bits per heavy atom. The van der Waals surface area contributed by atoms with Crippen molar-refractivity contribution in [3.8, 4) is 5.75 Å². The molecular weight excluding hydrogens is 306 g/mol. The Morgan fingerprint density at radius 2 is 2.12 bits per heavy atom. The summed E-state index contributed by atoms with van der Waals surface area (Å²) in [4.78, 5) is 11.8. The topological polar surface area (TPSA) is 60.7 Å². The third-order valence-electron chi connectivity index (χ3n) is 3.51. The summed E-state index contributed by atoms with van der Waals surface area (Å²) in [6.07, 6.45) is 2.37. The first-order valence-electron chi connectivity index (χ1n) is 8.24. The highest BCUT2D eigenvalue weighted by atomic mass is 16.5. The Bertz CT molecular complexity index is 608. The Labute approximate surface area is 143 Å². The van der Waals surface area contributed by atoms with E-state index >= 15 is 0 Å². The zero-order valence-corrected chi connectivity index (χ0v) is 14.3. The molecule has 0 saturated heterocycles. The lowest BCUT2D eigenvalue weighted by Gasteiger charge is -2.10. The summed E-state index contributed by atoms with van der Waals surface area (Å²) in [5.74, 6) is 1.83. The highest BCUT2D eigenvalue weighted by Gasteiger charge is 2.04. The molecule has 0 saturated carbocycles. The monoisotopic (exact) mass is 331 g/mol. The summed E-state index contributed by atoms with van der Waals surface area (Å²) >= 11 is 0. The van der Waals surface area contributed by atoms with Crippen molar-refractivity contribution in [1.29, 1.82) is 0 Å². The molecule has 0 radical (unpaired) electrons. The van der Waals surface area contributed by atoms with Crippen molar-refractivity contribution in [3.63, 3.8) is 0 Å². The second-order valence-corrected chi connectivity index (χ2v) is 5.85. The van der Waals surface area contributed by atoms with Gasteiger partial charge < -0.3 is 19.2 Å². The molecule has 5 heteroatoms. The number of furan rings is 1. The first kappa shape index (κ1) is 18.1. The van der Waals surface area contributed by atoms with Gasteiger partial charge in [-0.15, -0.1) is 0 Å². The minimum absolute atomic E-state index is 0.0226. The van der Waals surface area contributed by atoms with Gasteiger partial charge in [-0.2, -0.15) is 0 Å². The molecule has 1 aromatic carbocycles. The number of nitrogens with one attached hydrogen (secondary N) is 1. The van der Waals surface area contributed by atoms with E-state index in [1.54, 1.807) is 6.26 Å². The summed E-state index contributed by atoms with van der Waals surface area (Å²) in [6.45, 7) is 5.86. The van der Waals surface area contributed by atoms with E-state index in [4.69, 9.17) is 13.9 Å². The fourth-order valence-electron chi connectivity index (χ4n) is 2.13. The van der Waals surface area contributed by atoms with Crippen molar-refractivity contribution < 1.29 is 18.7 Å². The van der Waals surface area contributed by atoms with Crippen molar-refractivity contribution in [2.24, 2.45) is 0 Å². The van der Waals surface area contributed by atoms with E-state index in [1.807, 2.05) is 30.3 Å². The highest BCUT2D eigenvalue weighted by molar-refractivity contribution is 5.77. The lowest BCUT2D eigenvalue weighted by Crippen LogP contribution is -2.30. The molecule has 2 rings (SSSR count). The molecule has 1 amide bonds. The van der Waals surface area contributed by atoms with Gasteiger partial charge in [0.05, 0.1) is 6.26 Å². The largest absolute Gasteiger partial charge is 0.484 e. The zero-order valence-electron chi connectivity index (χ0n) is 14.3. The molecule has 5 nitrogen and oxygen atoms in total. The summed E-state index contributed by atoms with van der Waals surface area (Å²) in [7, 11) is 0. The Balaban J connectivity index is 1.55. The predicted octanol–water partition coefficient (Wildman–Crippen LogP) is 3.50. The predicted molar refractivity (Wildman–Crippen MR) is 92.0 cm³/mol. The van der Waals surface area contributed by atoms with E-state index in [9.17, 15) is 4.79 Å². The fourth-order valence-corrected chi connectivity index (χ4v) is 2.13. The molecule has 0 aliphatic heterocycles. The lowest BCUT2D eigenvalue weighted by atomic mass is 10.0. The summed E-state index contributed by atoms with van der Waals surface area (Å²) in [5, 5.41) is 2.82. The summed E-state index contributed by atoms with van der Waals surface area (Å²) in [6, 6.07) is 11.5. The van der Waals surface area contributed by atoms with Gasteiger partial charge in [0.1, 0.15) is 18.1 Å². The van der Waals surface area contributed by atoms with Crippen LogP contribution in [0.4, 0.5) is 0 Å². The second-order valence-electron chi connectivity index (χ2n) is 5.85. The normalized spacial score (nSPS) is 10.8. The lowest BCUT2D eigenvalue weighted by molar-refractivity contribution is -0.123. The molecule has 1 aromatic heterocycles. The number of benzene rings is 1. The van der Waals surface area contributed by atoms with Crippen LogP contribution in [-0.2, 0) is 16.1 Å². The summed E-state index contributed by atoms with van der Waals surface area (Å²) < 4.78 is 16.1. The van der Waals surface area contributed by atoms with Crippen LogP contribution in [0.1, 0.15) is 37.5 Å². The second kappa shape index (κ2) is 9.78. The van der Waals surface area contributed by atoms with Crippen LogP contribution in [0.5, 0.6) is 5.75 Å². The van der Waals surface area contributed by atoms with Crippen LogP contribution < -0.4 is 10.1 Å². The Hall–Kier alpha value is -2.27. The smallest absolute Gasteiger partial charge is 0.257 e. The molecule has 0 aliphatic carbocycles. The number of rotatable bonds is 10. The van der Waals surface area contributed by atoms with Crippen molar-refractivity contribution in [1.82, 2.24) is 5.32 Å². The zero-order chi connectivity index (χ0) is 17.2. The first-order chi connectivity index (χ1) is 11.6. The highest BCUT2D eigenvalue weighted by Crippen LogP contribution is 2.19. The fraction of sp³-hybridized carbons (Fsp3) is 0.421. The van der Waals surface area contributed by atoms with Gasteiger partial charge in [0.15, 0.2) is 6.61 Å². The number of hydrogen-bond donors (Lipinski definition) is 1. The molecule has 130 valence electrons. The van der Waals surface area contributed by atoms with Crippen molar-refractivity contribution in [3.05, 3.63) is 54.0 Å². The average molecular weight is 331 g/mol. The molecule has 1 heterocycles. The number of carbonyl (C=O) groups is 1. The maximum absolute atomic E-state index is 11.8. The third-order valence-corrected chi connectivity index (χ3v) is 3.51. The molecule has 0 fully saturated rings. The number of hydrogen-bond acceptors (Lipinski definition) is 4.